The first kappa shape index (κ1) is 24.9. The number of hydrogen-bond donors (Lipinski definition) is 0. The van der Waals surface area contributed by atoms with Crippen LogP contribution in [0, 0.1) is 16.7 Å². The number of unbranched alkanes of at least 4 members (excludes halogenated alkanes) is 3. The minimum atomic E-state index is -4.01. The molecule has 0 N–H and O–H groups in total. The van der Waals surface area contributed by atoms with E-state index in [1.807, 2.05) is 13.8 Å². The first-order valence-electron chi connectivity index (χ1n) is 11.7. The predicted molar refractivity (Wildman–Crippen MR) is 124 cm³/mol. The Morgan fingerprint density at radius 3 is 2.35 bits per heavy atom. The minimum absolute atomic E-state index is 0.0343. The molecule has 0 amide bonds. The molecule has 8 heteroatoms. The molecule has 1 heterocycles. The van der Waals surface area contributed by atoms with Crippen molar-refractivity contribution < 1.29 is 26.4 Å². The van der Waals surface area contributed by atoms with Crippen LogP contribution in [-0.2, 0) is 28.1 Å². The molecule has 31 heavy (non-hydrogen) atoms. The van der Waals surface area contributed by atoms with E-state index in [1.165, 1.54) is 0 Å². The summed E-state index contributed by atoms with van der Waals surface area (Å²) in [5.74, 6) is 0.881. The Balaban J connectivity index is 1.74. The molecule has 6 nitrogen and oxygen atoms in total. The zero-order valence-corrected chi connectivity index (χ0v) is 20.9. The Labute approximate surface area is 188 Å². The van der Waals surface area contributed by atoms with Gasteiger partial charge in [0, 0.05) is 37.2 Å². The standard InChI is InChI=1S/C23H38O6S2/c1-4-5-6-7-8-20(25)16-30(13-10-19(24)11-14-30)29-31(27,28)17-23-12-9-18(15-21(23)26)22(23,2)3/h18H,4-17H2,1-3H3. The molecule has 2 bridgehead atoms. The maximum absolute atomic E-state index is 13.3. The Morgan fingerprint density at radius 2 is 1.81 bits per heavy atom. The van der Waals surface area contributed by atoms with Gasteiger partial charge in [-0.2, -0.15) is 8.42 Å². The predicted octanol–water partition coefficient (Wildman–Crippen LogP) is 4.35. The van der Waals surface area contributed by atoms with E-state index in [9.17, 15) is 22.8 Å². The molecule has 2 saturated carbocycles. The highest BCUT2D eigenvalue weighted by Crippen LogP contribution is 2.65. The fraction of sp³-hybridized carbons (Fsp3) is 0.870. The zero-order chi connectivity index (χ0) is 22.9. The van der Waals surface area contributed by atoms with Gasteiger partial charge in [0.1, 0.15) is 17.3 Å². The molecule has 2 atom stereocenters. The zero-order valence-electron chi connectivity index (χ0n) is 19.2. The highest BCUT2D eigenvalue weighted by atomic mass is 32.3. The van der Waals surface area contributed by atoms with Crippen LogP contribution in [0.5, 0.6) is 0 Å². The number of fused-ring (bicyclic) bond motifs is 2. The van der Waals surface area contributed by atoms with Crippen LogP contribution in [0.2, 0.25) is 0 Å². The fourth-order valence-corrected chi connectivity index (χ4v) is 12.2. The highest BCUT2D eigenvalue weighted by molar-refractivity contribution is 8.33. The van der Waals surface area contributed by atoms with Crippen molar-refractivity contribution in [1.82, 2.24) is 0 Å². The van der Waals surface area contributed by atoms with Crippen LogP contribution in [0.15, 0.2) is 0 Å². The Morgan fingerprint density at radius 1 is 1.13 bits per heavy atom. The van der Waals surface area contributed by atoms with E-state index >= 15 is 0 Å². The van der Waals surface area contributed by atoms with Gasteiger partial charge in [0.15, 0.2) is 0 Å². The van der Waals surface area contributed by atoms with Crippen molar-refractivity contribution in [3.8, 4) is 0 Å². The van der Waals surface area contributed by atoms with E-state index in [-0.39, 0.29) is 53.0 Å². The topological polar surface area (TPSA) is 94.6 Å². The van der Waals surface area contributed by atoms with Crippen LogP contribution in [0.25, 0.3) is 0 Å². The van der Waals surface area contributed by atoms with Crippen molar-refractivity contribution in [2.75, 3.05) is 23.0 Å². The molecule has 0 radical (unpaired) electrons. The molecule has 3 aliphatic rings. The van der Waals surface area contributed by atoms with Gasteiger partial charge in [-0.15, -0.1) is 10.3 Å². The van der Waals surface area contributed by atoms with Crippen molar-refractivity contribution >= 4 is 37.8 Å². The molecule has 0 aromatic rings. The van der Waals surface area contributed by atoms with Crippen LogP contribution in [0.4, 0.5) is 0 Å². The van der Waals surface area contributed by atoms with Crippen molar-refractivity contribution in [1.29, 1.82) is 0 Å². The van der Waals surface area contributed by atoms with Gasteiger partial charge in [-0.25, -0.2) is 3.63 Å². The maximum atomic E-state index is 13.3. The van der Waals surface area contributed by atoms with E-state index in [0.29, 0.717) is 30.8 Å². The average molecular weight is 475 g/mol. The van der Waals surface area contributed by atoms with Gasteiger partial charge < -0.3 is 0 Å². The average Bonchev–Trinajstić information content (AvgIpc) is 3.01. The number of ketones is 3. The molecule has 3 rings (SSSR count). The summed E-state index contributed by atoms with van der Waals surface area (Å²) < 4.78 is 32.5. The molecule has 178 valence electrons. The lowest BCUT2D eigenvalue weighted by atomic mass is 9.70. The maximum Gasteiger partial charge on any atom is 0.277 e. The number of hydrogen-bond acceptors (Lipinski definition) is 6. The normalized spacial score (nSPS) is 30.5. The lowest BCUT2D eigenvalue weighted by Gasteiger charge is -2.42. The minimum Gasteiger partial charge on any atom is -0.300 e. The molecule has 1 aliphatic heterocycles. The number of rotatable bonds is 11. The number of carbonyl (C=O) groups excluding carboxylic acids is 3. The molecule has 1 saturated heterocycles. The Kier molecular flexibility index (Phi) is 7.44. The Bertz CT molecular complexity index is 821. The van der Waals surface area contributed by atoms with Crippen molar-refractivity contribution in [2.24, 2.45) is 16.7 Å². The number of Topliss-reactive ketones (excluding diaryl/α,β-unsaturated/α-hetero) is 3. The molecular weight excluding hydrogens is 436 g/mol. The van der Waals surface area contributed by atoms with Crippen LogP contribution in [0.1, 0.15) is 85.0 Å². The van der Waals surface area contributed by atoms with E-state index in [0.717, 1.165) is 32.1 Å². The molecule has 2 aliphatic carbocycles. The summed E-state index contributed by atoms with van der Waals surface area (Å²) in [7, 11) is -6.23. The summed E-state index contributed by atoms with van der Waals surface area (Å²) in [6.07, 6.45) is 6.85. The molecule has 0 aromatic heterocycles. The highest BCUT2D eigenvalue weighted by Gasteiger charge is 2.65. The molecule has 0 spiro atoms. The van der Waals surface area contributed by atoms with Crippen LogP contribution in [0.3, 0.4) is 0 Å². The second-order valence-electron chi connectivity index (χ2n) is 10.3. The SMILES string of the molecule is CCCCCCC(=O)CS1(OS(=O)(=O)CC23CCC(CC2=O)C3(C)C)CCC(=O)CC1. The molecular formula is C23H38O6S2. The van der Waals surface area contributed by atoms with Crippen LogP contribution >= 0.6 is 10.3 Å². The second-order valence-corrected chi connectivity index (χ2v) is 15.3. The third-order valence-corrected chi connectivity index (χ3v) is 13.6. The van der Waals surface area contributed by atoms with Gasteiger partial charge >= 0.3 is 0 Å². The van der Waals surface area contributed by atoms with E-state index in [2.05, 4.69) is 6.92 Å². The van der Waals surface area contributed by atoms with Crippen LogP contribution in [-0.4, -0.2) is 48.8 Å². The lowest BCUT2D eigenvalue weighted by molar-refractivity contribution is -0.128. The van der Waals surface area contributed by atoms with Gasteiger partial charge in [0.2, 0.25) is 0 Å². The smallest absolute Gasteiger partial charge is 0.277 e. The largest absolute Gasteiger partial charge is 0.300 e. The number of carbonyl (C=O) groups is 3. The van der Waals surface area contributed by atoms with Gasteiger partial charge in [-0.1, -0.05) is 40.0 Å². The van der Waals surface area contributed by atoms with Gasteiger partial charge in [-0.3, -0.25) is 14.4 Å². The van der Waals surface area contributed by atoms with Crippen molar-refractivity contribution in [3.05, 3.63) is 0 Å². The summed E-state index contributed by atoms with van der Waals surface area (Å²) in [6, 6.07) is 0. The second kappa shape index (κ2) is 9.26. The van der Waals surface area contributed by atoms with Gasteiger partial charge in [0.25, 0.3) is 10.1 Å². The van der Waals surface area contributed by atoms with E-state index in [4.69, 9.17) is 3.63 Å². The van der Waals surface area contributed by atoms with E-state index in [1.54, 1.807) is 0 Å². The molecule has 0 aromatic carbocycles. The summed E-state index contributed by atoms with van der Waals surface area (Å²) in [5, 5.41) is 0. The van der Waals surface area contributed by atoms with Gasteiger partial charge in [0.05, 0.1) is 16.9 Å². The van der Waals surface area contributed by atoms with E-state index < -0.39 is 25.8 Å². The fourth-order valence-electron chi connectivity index (χ4n) is 5.83. The summed E-state index contributed by atoms with van der Waals surface area (Å²) in [6.45, 7) is 6.13. The van der Waals surface area contributed by atoms with Gasteiger partial charge in [-0.05, 0) is 30.6 Å². The third-order valence-electron chi connectivity index (χ3n) is 8.05. The quantitative estimate of drug-likeness (QED) is 0.413. The summed E-state index contributed by atoms with van der Waals surface area (Å²) in [4.78, 5) is 37.3. The van der Waals surface area contributed by atoms with Crippen molar-refractivity contribution in [3.63, 3.8) is 0 Å². The van der Waals surface area contributed by atoms with Crippen LogP contribution < -0.4 is 0 Å². The first-order valence-corrected chi connectivity index (χ1v) is 15.4. The molecule has 2 unspecified atom stereocenters. The lowest BCUT2D eigenvalue weighted by Crippen LogP contribution is -2.43. The monoisotopic (exact) mass is 474 g/mol. The molecule has 3 fully saturated rings. The summed E-state index contributed by atoms with van der Waals surface area (Å²) in [5.41, 5.74) is -1.24. The van der Waals surface area contributed by atoms with Crippen molar-refractivity contribution in [2.45, 2.75) is 85.0 Å². The Hall–Kier alpha value is -0.730. The first-order chi connectivity index (χ1) is 14.5. The summed E-state index contributed by atoms with van der Waals surface area (Å²) >= 11 is 0. The third kappa shape index (κ3) is 5.11.